The molecule has 2 rings (SSSR count). The predicted octanol–water partition coefficient (Wildman–Crippen LogP) is 4.68. The van der Waals surface area contributed by atoms with Crippen LogP contribution in [-0.2, 0) is 9.53 Å². The number of nitrogens with one attached hydrogen (secondary N) is 1. The average Bonchev–Trinajstić information content (AvgIpc) is 2.52. The van der Waals surface area contributed by atoms with E-state index < -0.39 is 18.5 Å². The van der Waals surface area contributed by atoms with Gasteiger partial charge in [0.25, 0.3) is 5.91 Å². The van der Waals surface area contributed by atoms with E-state index in [4.69, 9.17) is 39.5 Å². The Labute approximate surface area is 154 Å². The number of hydrogen-bond donors (Lipinski definition) is 1. The molecular formula is C17H14Cl3NO3. The van der Waals surface area contributed by atoms with Gasteiger partial charge in [-0.25, -0.2) is 4.79 Å². The van der Waals surface area contributed by atoms with E-state index in [0.29, 0.717) is 15.6 Å². The van der Waals surface area contributed by atoms with Gasteiger partial charge in [-0.15, -0.1) is 0 Å². The standard InChI is InChI=1S/C17H14Cl3NO3/c1-10(12-7-6-11(18)8-15(12)20)21-16(22)9-24-17(23)13-4-2-3-5-14(13)19/h2-8,10H,9H2,1H3,(H,21,22). The summed E-state index contributed by atoms with van der Waals surface area (Å²) in [5.74, 6) is -1.11. The second-order valence-electron chi connectivity index (χ2n) is 5.01. The maximum Gasteiger partial charge on any atom is 0.340 e. The van der Waals surface area contributed by atoms with Crippen molar-refractivity contribution in [1.29, 1.82) is 0 Å². The number of benzene rings is 2. The molecule has 0 saturated carbocycles. The smallest absolute Gasteiger partial charge is 0.340 e. The molecule has 24 heavy (non-hydrogen) atoms. The highest BCUT2D eigenvalue weighted by Gasteiger charge is 2.16. The Morgan fingerprint density at radius 3 is 2.46 bits per heavy atom. The van der Waals surface area contributed by atoms with Crippen molar-refractivity contribution in [3.05, 3.63) is 68.7 Å². The van der Waals surface area contributed by atoms with Gasteiger partial charge in [0.15, 0.2) is 6.61 Å². The number of esters is 1. The maximum absolute atomic E-state index is 11.9. The van der Waals surface area contributed by atoms with Gasteiger partial charge in [-0.2, -0.15) is 0 Å². The van der Waals surface area contributed by atoms with Crippen LogP contribution in [0.4, 0.5) is 0 Å². The minimum absolute atomic E-state index is 0.209. The summed E-state index contributed by atoms with van der Waals surface area (Å²) in [6, 6.07) is 11.1. The fraction of sp³-hybridized carbons (Fsp3) is 0.176. The van der Waals surface area contributed by atoms with Gasteiger partial charge in [0.2, 0.25) is 0 Å². The molecular weight excluding hydrogens is 373 g/mol. The van der Waals surface area contributed by atoms with Crippen LogP contribution in [-0.4, -0.2) is 18.5 Å². The number of halogens is 3. The average molecular weight is 387 g/mol. The molecule has 1 N–H and O–H groups in total. The molecule has 7 heteroatoms. The fourth-order valence-electron chi connectivity index (χ4n) is 2.05. The highest BCUT2D eigenvalue weighted by atomic mass is 35.5. The number of amides is 1. The van der Waals surface area contributed by atoms with Crippen molar-refractivity contribution < 1.29 is 14.3 Å². The van der Waals surface area contributed by atoms with E-state index in [9.17, 15) is 9.59 Å². The second-order valence-corrected chi connectivity index (χ2v) is 6.26. The highest BCUT2D eigenvalue weighted by molar-refractivity contribution is 6.35. The lowest BCUT2D eigenvalue weighted by Crippen LogP contribution is -2.31. The Balaban J connectivity index is 1.91. The first kappa shape index (κ1) is 18.6. The van der Waals surface area contributed by atoms with Crippen LogP contribution >= 0.6 is 34.8 Å². The minimum Gasteiger partial charge on any atom is -0.452 e. The van der Waals surface area contributed by atoms with Gasteiger partial charge in [0.1, 0.15) is 0 Å². The van der Waals surface area contributed by atoms with Crippen LogP contribution < -0.4 is 5.32 Å². The second kappa shape index (κ2) is 8.38. The van der Waals surface area contributed by atoms with Crippen LogP contribution in [0.2, 0.25) is 15.1 Å². The zero-order chi connectivity index (χ0) is 17.7. The molecule has 0 aliphatic carbocycles. The Kier molecular flexibility index (Phi) is 6.49. The van der Waals surface area contributed by atoms with E-state index in [2.05, 4.69) is 5.32 Å². The van der Waals surface area contributed by atoms with Gasteiger partial charge in [0, 0.05) is 10.0 Å². The van der Waals surface area contributed by atoms with Crippen LogP contribution in [0.15, 0.2) is 42.5 Å². The molecule has 0 saturated heterocycles. The van der Waals surface area contributed by atoms with E-state index in [1.54, 1.807) is 43.3 Å². The lowest BCUT2D eigenvalue weighted by atomic mass is 10.1. The van der Waals surface area contributed by atoms with Crippen molar-refractivity contribution in [3.8, 4) is 0 Å². The number of rotatable bonds is 5. The molecule has 1 atom stereocenters. The lowest BCUT2D eigenvalue weighted by Gasteiger charge is -2.16. The van der Waals surface area contributed by atoms with Gasteiger partial charge >= 0.3 is 5.97 Å². The summed E-state index contributed by atoms with van der Waals surface area (Å²) in [7, 11) is 0. The first-order chi connectivity index (χ1) is 11.4. The van der Waals surface area contributed by atoms with Crippen LogP contribution in [0.3, 0.4) is 0 Å². The molecule has 0 aromatic heterocycles. The van der Waals surface area contributed by atoms with Crippen LogP contribution in [0.5, 0.6) is 0 Å². The summed E-state index contributed by atoms with van der Waals surface area (Å²) >= 11 is 17.8. The summed E-state index contributed by atoms with van der Waals surface area (Å²) in [4.78, 5) is 23.8. The molecule has 0 aliphatic heterocycles. The van der Waals surface area contributed by atoms with Gasteiger partial charge in [0.05, 0.1) is 16.6 Å². The summed E-state index contributed by atoms with van der Waals surface area (Å²) in [6.45, 7) is 1.35. The molecule has 0 spiro atoms. The Hall–Kier alpha value is -1.75. The van der Waals surface area contributed by atoms with E-state index >= 15 is 0 Å². The molecule has 0 bridgehead atoms. The first-order valence-corrected chi connectivity index (χ1v) is 8.18. The monoisotopic (exact) mass is 385 g/mol. The third-order valence-corrected chi connectivity index (χ3v) is 4.13. The molecule has 2 aromatic carbocycles. The zero-order valence-electron chi connectivity index (χ0n) is 12.7. The summed E-state index contributed by atoms with van der Waals surface area (Å²) in [5, 5.41) is 3.93. The Bertz CT molecular complexity index is 764. The fourth-order valence-corrected chi connectivity index (χ4v) is 2.83. The van der Waals surface area contributed by atoms with Crippen LogP contribution in [0.25, 0.3) is 0 Å². The van der Waals surface area contributed by atoms with Crippen LogP contribution in [0.1, 0.15) is 28.9 Å². The summed E-state index contributed by atoms with van der Waals surface area (Å²) < 4.78 is 4.97. The molecule has 0 aliphatic rings. The topological polar surface area (TPSA) is 55.4 Å². The molecule has 0 radical (unpaired) electrons. The molecule has 1 unspecified atom stereocenters. The highest BCUT2D eigenvalue weighted by Crippen LogP contribution is 2.26. The normalized spacial score (nSPS) is 11.7. The largest absolute Gasteiger partial charge is 0.452 e. The van der Waals surface area contributed by atoms with Crippen molar-refractivity contribution in [2.75, 3.05) is 6.61 Å². The van der Waals surface area contributed by atoms with Crippen molar-refractivity contribution >= 4 is 46.7 Å². The minimum atomic E-state index is -0.659. The van der Waals surface area contributed by atoms with E-state index in [0.717, 1.165) is 0 Å². The van der Waals surface area contributed by atoms with Crippen molar-refractivity contribution in [1.82, 2.24) is 5.32 Å². The van der Waals surface area contributed by atoms with Crippen LogP contribution in [0, 0.1) is 0 Å². The predicted molar refractivity (Wildman–Crippen MR) is 94.8 cm³/mol. The SMILES string of the molecule is CC(NC(=O)COC(=O)c1ccccc1Cl)c1ccc(Cl)cc1Cl. The lowest BCUT2D eigenvalue weighted by molar-refractivity contribution is -0.124. The van der Waals surface area contributed by atoms with Crippen molar-refractivity contribution in [2.45, 2.75) is 13.0 Å². The van der Waals surface area contributed by atoms with E-state index in [-0.39, 0.29) is 16.6 Å². The molecule has 0 fully saturated rings. The first-order valence-electron chi connectivity index (χ1n) is 7.04. The number of carbonyl (C=O) groups is 2. The molecule has 4 nitrogen and oxygen atoms in total. The molecule has 1 amide bonds. The number of hydrogen-bond acceptors (Lipinski definition) is 3. The Morgan fingerprint density at radius 1 is 1.08 bits per heavy atom. The third-order valence-electron chi connectivity index (χ3n) is 3.23. The van der Waals surface area contributed by atoms with Gasteiger partial charge in [-0.3, -0.25) is 4.79 Å². The van der Waals surface area contributed by atoms with Crippen molar-refractivity contribution in [2.24, 2.45) is 0 Å². The maximum atomic E-state index is 11.9. The van der Waals surface area contributed by atoms with Crippen molar-refractivity contribution in [3.63, 3.8) is 0 Å². The molecule has 126 valence electrons. The Morgan fingerprint density at radius 2 is 1.79 bits per heavy atom. The quantitative estimate of drug-likeness (QED) is 0.759. The van der Waals surface area contributed by atoms with Gasteiger partial charge in [-0.05, 0) is 36.8 Å². The molecule has 0 heterocycles. The number of carbonyl (C=O) groups excluding carboxylic acids is 2. The van der Waals surface area contributed by atoms with Gasteiger partial charge in [-0.1, -0.05) is 53.0 Å². The zero-order valence-corrected chi connectivity index (χ0v) is 15.0. The van der Waals surface area contributed by atoms with Gasteiger partial charge < -0.3 is 10.1 Å². The van der Waals surface area contributed by atoms with E-state index in [1.165, 1.54) is 6.07 Å². The van der Waals surface area contributed by atoms with E-state index in [1.807, 2.05) is 0 Å². The third kappa shape index (κ3) is 4.87. The summed E-state index contributed by atoms with van der Waals surface area (Å²) in [5.41, 5.74) is 0.924. The summed E-state index contributed by atoms with van der Waals surface area (Å²) in [6.07, 6.45) is 0. The number of ether oxygens (including phenoxy) is 1. The molecule has 2 aromatic rings.